The Bertz CT molecular complexity index is 936. The van der Waals surface area contributed by atoms with Gasteiger partial charge in [0, 0.05) is 31.5 Å². The van der Waals surface area contributed by atoms with Crippen molar-refractivity contribution in [2.75, 3.05) is 11.9 Å². The highest BCUT2D eigenvalue weighted by molar-refractivity contribution is 5.94. The van der Waals surface area contributed by atoms with Crippen LogP contribution in [-0.2, 0) is 7.05 Å². The van der Waals surface area contributed by atoms with E-state index in [2.05, 4.69) is 20.4 Å². The van der Waals surface area contributed by atoms with Crippen molar-refractivity contribution < 1.29 is 4.79 Å². The van der Waals surface area contributed by atoms with Crippen molar-refractivity contribution in [2.24, 2.45) is 7.05 Å². The fourth-order valence-corrected chi connectivity index (χ4v) is 3.13. The number of amides is 1. The van der Waals surface area contributed by atoms with Gasteiger partial charge >= 0.3 is 0 Å². The van der Waals surface area contributed by atoms with Crippen LogP contribution in [0.4, 0.5) is 11.5 Å². The number of hydrogen-bond donors (Lipinski definition) is 1. The van der Waals surface area contributed by atoms with Crippen LogP contribution in [0, 0.1) is 6.92 Å². The van der Waals surface area contributed by atoms with Gasteiger partial charge in [-0.2, -0.15) is 5.10 Å². The molecule has 3 heterocycles. The second-order valence-corrected chi connectivity index (χ2v) is 6.42. The minimum absolute atomic E-state index is 0.0109. The van der Waals surface area contributed by atoms with E-state index in [9.17, 15) is 4.79 Å². The van der Waals surface area contributed by atoms with Gasteiger partial charge < -0.3 is 10.2 Å². The number of para-hydroxylation sites is 1. The molecule has 0 radical (unpaired) electrons. The molecule has 1 fully saturated rings. The van der Waals surface area contributed by atoms with Gasteiger partial charge in [-0.1, -0.05) is 18.2 Å². The lowest BCUT2D eigenvalue weighted by atomic mass is 9.98. The summed E-state index contributed by atoms with van der Waals surface area (Å²) in [6.45, 7) is 2.59. The zero-order valence-corrected chi connectivity index (χ0v) is 14.8. The van der Waals surface area contributed by atoms with E-state index in [0.717, 1.165) is 30.2 Å². The lowest BCUT2D eigenvalue weighted by molar-refractivity contribution is 0.0450. The Kier molecular flexibility index (Phi) is 4.12. The summed E-state index contributed by atoms with van der Waals surface area (Å²) < 4.78 is 1.64. The molecular weight excluding hydrogens is 328 g/mol. The maximum Gasteiger partial charge on any atom is 0.257 e. The normalized spacial score (nSPS) is 16.2. The highest BCUT2D eigenvalue weighted by atomic mass is 16.2. The van der Waals surface area contributed by atoms with Crippen molar-refractivity contribution >= 4 is 17.4 Å². The fourth-order valence-electron chi connectivity index (χ4n) is 3.13. The molecule has 1 atom stereocenters. The Morgan fingerprint density at radius 1 is 1.23 bits per heavy atom. The van der Waals surface area contributed by atoms with Crippen LogP contribution in [0.3, 0.4) is 0 Å². The molecule has 0 spiro atoms. The number of carbonyl (C=O) groups excluding carboxylic acids is 1. The number of aromatic nitrogens is 4. The maximum absolute atomic E-state index is 12.7. The first-order valence-corrected chi connectivity index (χ1v) is 8.57. The zero-order valence-electron chi connectivity index (χ0n) is 14.8. The van der Waals surface area contributed by atoms with Crippen LogP contribution in [0.5, 0.6) is 0 Å². The summed E-state index contributed by atoms with van der Waals surface area (Å²) >= 11 is 0. The van der Waals surface area contributed by atoms with Crippen molar-refractivity contribution in [3.8, 4) is 0 Å². The average molecular weight is 348 g/mol. The monoisotopic (exact) mass is 348 g/mol. The number of rotatable bonds is 4. The Hall–Kier alpha value is -3.22. The maximum atomic E-state index is 12.7. The lowest BCUT2D eigenvalue weighted by Crippen LogP contribution is -2.45. The van der Waals surface area contributed by atoms with Crippen LogP contribution in [-0.4, -0.2) is 37.1 Å². The highest BCUT2D eigenvalue weighted by Gasteiger charge is 2.35. The first kappa shape index (κ1) is 16.3. The van der Waals surface area contributed by atoms with E-state index in [1.165, 1.54) is 0 Å². The molecule has 1 saturated heterocycles. The van der Waals surface area contributed by atoms with Gasteiger partial charge in [0.05, 0.1) is 23.5 Å². The topological polar surface area (TPSA) is 75.9 Å². The van der Waals surface area contributed by atoms with Gasteiger partial charge in [-0.25, -0.2) is 9.97 Å². The predicted molar refractivity (Wildman–Crippen MR) is 98.1 cm³/mol. The van der Waals surface area contributed by atoms with E-state index in [-0.39, 0.29) is 11.9 Å². The number of anilines is 2. The Morgan fingerprint density at radius 2 is 2.04 bits per heavy atom. The molecule has 1 amide bonds. The number of likely N-dealkylation sites (tertiary alicyclic amines) is 1. The van der Waals surface area contributed by atoms with Gasteiger partial charge in [0.2, 0.25) is 0 Å². The average Bonchev–Trinajstić information content (AvgIpc) is 3.01. The van der Waals surface area contributed by atoms with Crippen molar-refractivity contribution in [3.63, 3.8) is 0 Å². The molecule has 0 saturated carbocycles. The molecule has 1 aliphatic heterocycles. The molecule has 1 aromatic carbocycles. The van der Waals surface area contributed by atoms with Crippen LogP contribution in [0.1, 0.15) is 34.3 Å². The lowest BCUT2D eigenvalue weighted by Gasteiger charge is -2.40. The summed E-state index contributed by atoms with van der Waals surface area (Å²) in [4.78, 5) is 23.6. The first-order valence-electron chi connectivity index (χ1n) is 8.57. The van der Waals surface area contributed by atoms with Gasteiger partial charge in [0.1, 0.15) is 11.6 Å². The summed E-state index contributed by atoms with van der Waals surface area (Å²) in [6, 6.07) is 11.8. The van der Waals surface area contributed by atoms with E-state index < -0.39 is 0 Å². The second kappa shape index (κ2) is 6.59. The molecule has 0 aliphatic carbocycles. The van der Waals surface area contributed by atoms with Gasteiger partial charge in [-0.15, -0.1) is 0 Å². The Labute approximate surface area is 151 Å². The van der Waals surface area contributed by atoms with Crippen molar-refractivity contribution in [1.29, 1.82) is 0 Å². The molecule has 1 unspecified atom stereocenters. The van der Waals surface area contributed by atoms with Crippen LogP contribution < -0.4 is 5.32 Å². The molecule has 1 aliphatic rings. The number of hydrogen-bond acceptors (Lipinski definition) is 5. The van der Waals surface area contributed by atoms with Crippen LogP contribution >= 0.6 is 0 Å². The van der Waals surface area contributed by atoms with E-state index in [4.69, 9.17) is 0 Å². The van der Waals surface area contributed by atoms with Crippen molar-refractivity contribution in [3.05, 3.63) is 65.9 Å². The van der Waals surface area contributed by atoms with E-state index in [1.54, 1.807) is 24.1 Å². The molecule has 7 heteroatoms. The number of benzene rings is 1. The molecule has 4 rings (SSSR count). The van der Waals surface area contributed by atoms with Crippen LogP contribution in [0.15, 0.2) is 48.8 Å². The van der Waals surface area contributed by atoms with Gasteiger partial charge in [0.15, 0.2) is 0 Å². The van der Waals surface area contributed by atoms with E-state index in [0.29, 0.717) is 11.4 Å². The Morgan fingerprint density at radius 3 is 2.69 bits per heavy atom. The smallest absolute Gasteiger partial charge is 0.257 e. The fraction of sp³-hybridized carbons (Fsp3) is 0.263. The molecule has 132 valence electrons. The quantitative estimate of drug-likeness (QED) is 0.785. The molecule has 7 nitrogen and oxygen atoms in total. The molecule has 1 N–H and O–H groups in total. The van der Waals surface area contributed by atoms with E-state index in [1.807, 2.05) is 48.2 Å². The minimum Gasteiger partial charge on any atom is -0.340 e. The number of aryl methyl sites for hydroxylation is 2. The summed E-state index contributed by atoms with van der Waals surface area (Å²) in [5, 5.41) is 7.38. The third-order valence-electron chi connectivity index (χ3n) is 4.48. The van der Waals surface area contributed by atoms with Gasteiger partial charge in [-0.3, -0.25) is 9.48 Å². The third-order valence-corrected chi connectivity index (χ3v) is 4.48. The van der Waals surface area contributed by atoms with Crippen molar-refractivity contribution in [1.82, 2.24) is 24.6 Å². The molecule has 3 aromatic rings. The van der Waals surface area contributed by atoms with Gasteiger partial charge in [0.25, 0.3) is 5.91 Å². The largest absolute Gasteiger partial charge is 0.340 e. The number of carbonyl (C=O) groups is 1. The summed E-state index contributed by atoms with van der Waals surface area (Å²) in [6.07, 6.45) is 4.24. The predicted octanol–water partition coefficient (Wildman–Crippen LogP) is 2.85. The zero-order chi connectivity index (χ0) is 18.1. The minimum atomic E-state index is -0.0271. The summed E-state index contributed by atoms with van der Waals surface area (Å²) in [5.74, 6) is 1.41. The van der Waals surface area contributed by atoms with Crippen LogP contribution in [0.25, 0.3) is 0 Å². The summed E-state index contributed by atoms with van der Waals surface area (Å²) in [7, 11) is 1.81. The Balaban J connectivity index is 1.56. The van der Waals surface area contributed by atoms with Gasteiger partial charge in [-0.05, 0) is 25.5 Å². The SMILES string of the molecule is Cc1nc(Nc2ccccc2)cc(C2CCN2C(=O)c2cnn(C)c2)n1. The molecule has 26 heavy (non-hydrogen) atoms. The number of nitrogens with zero attached hydrogens (tertiary/aromatic N) is 5. The molecular formula is C19H20N6O. The first-order chi connectivity index (χ1) is 12.6. The second-order valence-electron chi connectivity index (χ2n) is 6.42. The molecule has 2 aromatic heterocycles. The molecule has 0 bridgehead atoms. The standard InChI is InChI=1S/C19H20N6O/c1-13-21-16(10-18(22-13)23-15-6-4-3-5-7-15)17-8-9-25(17)19(26)14-11-20-24(2)12-14/h3-7,10-12,17H,8-9H2,1-2H3,(H,21,22,23). The van der Waals surface area contributed by atoms with Crippen LogP contribution in [0.2, 0.25) is 0 Å². The highest BCUT2D eigenvalue weighted by Crippen LogP contribution is 2.34. The third kappa shape index (κ3) is 3.15. The van der Waals surface area contributed by atoms with E-state index >= 15 is 0 Å². The van der Waals surface area contributed by atoms with Crippen molar-refractivity contribution in [2.45, 2.75) is 19.4 Å². The number of nitrogens with one attached hydrogen (secondary N) is 1. The summed E-state index contributed by atoms with van der Waals surface area (Å²) in [5.41, 5.74) is 2.43.